The highest BCUT2D eigenvalue weighted by molar-refractivity contribution is 5.64. The van der Waals surface area contributed by atoms with Crippen LogP contribution in [-0.4, -0.2) is 45.3 Å². The monoisotopic (exact) mass is 414 g/mol. The lowest BCUT2D eigenvalue weighted by Crippen LogP contribution is -2.63. The predicted molar refractivity (Wildman–Crippen MR) is 122 cm³/mol. The Morgan fingerprint density at radius 1 is 1.10 bits per heavy atom. The number of hydrogen-bond acceptors (Lipinski definition) is 4. The molecule has 3 unspecified atom stereocenters. The minimum Gasteiger partial charge on any atom is -0.393 e. The molecule has 160 valence electrons. The lowest BCUT2D eigenvalue weighted by Gasteiger charge is -2.54. The van der Waals surface area contributed by atoms with Gasteiger partial charge in [-0.3, -0.25) is 9.88 Å². The van der Waals surface area contributed by atoms with Crippen molar-refractivity contribution in [3.05, 3.63) is 71.1 Å². The number of benzene rings is 1. The number of fused-ring (bicyclic) bond motifs is 3. The first-order chi connectivity index (χ1) is 15.1. The number of terminal acetylenes is 1. The second-order valence-electron chi connectivity index (χ2n) is 9.22. The van der Waals surface area contributed by atoms with E-state index in [4.69, 9.17) is 11.4 Å². The largest absolute Gasteiger partial charge is 0.393 e. The van der Waals surface area contributed by atoms with Crippen LogP contribution in [0.4, 0.5) is 0 Å². The second kappa shape index (κ2) is 8.24. The molecule has 3 saturated heterocycles. The van der Waals surface area contributed by atoms with Crippen LogP contribution in [0, 0.1) is 18.3 Å². The smallest absolute Gasteiger partial charge is 0.121 e. The number of pyridine rings is 1. The number of rotatable bonds is 4. The first-order valence-electron chi connectivity index (χ1n) is 11.4. The fourth-order valence-electron chi connectivity index (χ4n) is 5.72. The molecule has 2 bridgehead atoms. The average Bonchev–Trinajstić information content (AvgIpc) is 2.81. The lowest BCUT2D eigenvalue weighted by molar-refractivity contribution is -0.143. The molecule has 4 nitrogen and oxygen atoms in total. The van der Waals surface area contributed by atoms with Gasteiger partial charge in [0.2, 0.25) is 0 Å². The maximum Gasteiger partial charge on any atom is 0.121 e. The van der Waals surface area contributed by atoms with Crippen molar-refractivity contribution in [3.63, 3.8) is 0 Å². The summed E-state index contributed by atoms with van der Waals surface area (Å²) >= 11 is 0. The third-order valence-electron chi connectivity index (χ3n) is 7.42. The number of aromatic nitrogens is 1. The molecular weight excluding hydrogens is 384 g/mol. The Labute approximate surface area is 184 Å². The molecule has 0 amide bonds. The SMILES string of the molecule is C#CC1N2CCC(CC2)C1(O)c1ccc(C2=CCC(O)CC2)nc1Cc1ccccc1. The van der Waals surface area contributed by atoms with Crippen molar-refractivity contribution in [2.45, 2.75) is 56.3 Å². The molecule has 1 aromatic carbocycles. The van der Waals surface area contributed by atoms with E-state index in [1.165, 1.54) is 11.1 Å². The van der Waals surface area contributed by atoms with Gasteiger partial charge >= 0.3 is 0 Å². The molecule has 0 radical (unpaired) electrons. The zero-order valence-corrected chi connectivity index (χ0v) is 17.9. The van der Waals surface area contributed by atoms with Gasteiger partial charge < -0.3 is 10.2 Å². The molecule has 2 N–H and O–H groups in total. The van der Waals surface area contributed by atoms with E-state index in [0.29, 0.717) is 12.8 Å². The van der Waals surface area contributed by atoms with Crippen LogP contribution in [0.15, 0.2) is 48.5 Å². The van der Waals surface area contributed by atoms with Gasteiger partial charge in [0.1, 0.15) is 11.6 Å². The molecule has 0 saturated carbocycles. The van der Waals surface area contributed by atoms with E-state index in [9.17, 15) is 10.2 Å². The summed E-state index contributed by atoms with van der Waals surface area (Å²) in [6, 6.07) is 14.1. The van der Waals surface area contributed by atoms with Crippen LogP contribution in [0.25, 0.3) is 5.57 Å². The Kier molecular flexibility index (Phi) is 5.44. The fourth-order valence-corrected chi connectivity index (χ4v) is 5.72. The zero-order chi connectivity index (χ0) is 21.4. The molecule has 31 heavy (non-hydrogen) atoms. The van der Waals surface area contributed by atoms with Crippen LogP contribution in [0.2, 0.25) is 0 Å². The normalized spacial score (nSPS) is 32.4. The van der Waals surface area contributed by atoms with E-state index in [2.05, 4.69) is 35.1 Å². The van der Waals surface area contributed by atoms with Gasteiger partial charge in [0.25, 0.3) is 0 Å². The number of hydrogen-bond donors (Lipinski definition) is 2. The lowest BCUT2D eigenvalue weighted by atomic mass is 9.66. The number of nitrogens with zero attached hydrogens (tertiary/aromatic N) is 2. The summed E-state index contributed by atoms with van der Waals surface area (Å²) in [5.41, 5.74) is 4.02. The molecule has 3 aliphatic heterocycles. The highest BCUT2D eigenvalue weighted by Crippen LogP contribution is 2.47. The van der Waals surface area contributed by atoms with Crippen molar-refractivity contribution in [1.29, 1.82) is 0 Å². The molecule has 2 aromatic rings. The molecule has 4 aliphatic rings. The van der Waals surface area contributed by atoms with Crippen LogP contribution in [-0.2, 0) is 12.0 Å². The Morgan fingerprint density at radius 2 is 1.87 bits per heavy atom. The molecule has 6 rings (SSSR count). The van der Waals surface area contributed by atoms with E-state index in [-0.39, 0.29) is 18.1 Å². The Bertz CT molecular complexity index is 1020. The quantitative estimate of drug-likeness (QED) is 0.752. The first-order valence-corrected chi connectivity index (χ1v) is 11.4. The Morgan fingerprint density at radius 3 is 2.55 bits per heavy atom. The van der Waals surface area contributed by atoms with Crippen LogP contribution < -0.4 is 0 Å². The van der Waals surface area contributed by atoms with Crippen LogP contribution in [0.1, 0.15) is 54.6 Å². The van der Waals surface area contributed by atoms with Crippen molar-refractivity contribution in [3.8, 4) is 12.3 Å². The summed E-state index contributed by atoms with van der Waals surface area (Å²) in [7, 11) is 0. The second-order valence-corrected chi connectivity index (χ2v) is 9.22. The third kappa shape index (κ3) is 3.61. The van der Waals surface area contributed by atoms with E-state index in [0.717, 1.165) is 55.7 Å². The minimum absolute atomic E-state index is 0.157. The van der Waals surface area contributed by atoms with Crippen LogP contribution >= 0.6 is 0 Å². The van der Waals surface area contributed by atoms with Crippen molar-refractivity contribution >= 4 is 5.57 Å². The molecule has 3 atom stereocenters. The molecule has 3 fully saturated rings. The van der Waals surface area contributed by atoms with E-state index < -0.39 is 5.60 Å². The van der Waals surface area contributed by atoms with Gasteiger partial charge in [0, 0.05) is 12.0 Å². The molecule has 4 heteroatoms. The zero-order valence-electron chi connectivity index (χ0n) is 17.9. The highest BCUT2D eigenvalue weighted by atomic mass is 16.3. The molecular formula is C27H30N2O2. The van der Waals surface area contributed by atoms with E-state index in [1.807, 2.05) is 24.3 Å². The molecule has 0 spiro atoms. The Balaban J connectivity index is 1.60. The van der Waals surface area contributed by atoms with Crippen molar-refractivity contribution in [2.75, 3.05) is 13.1 Å². The fraction of sp³-hybridized carbons (Fsp3) is 0.444. The number of aliphatic hydroxyl groups excluding tert-OH is 1. The van der Waals surface area contributed by atoms with Gasteiger partial charge in [-0.05, 0) is 68.3 Å². The van der Waals surface area contributed by atoms with Crippen LogP contribution in [0.5, 0.6) is 0 Å². The van der Waals surface area contributed by atoms with Crippen molar-refractivity contribution < 1.29 is 10.2 Å². The Hall–Kier alpha value is -2.45. The van der Waals surface area contributed by atoms with E-state index in [1.54, 1.807) is 0 Å². The standard InChI is InChI=1S/C27H30N2O2/c1-2-26-27(31,21-14-16-29(26)17-15-21)23-12-13-24(20-8-10-22(30)11-9-20)28-25(23)18-19-6-4-3-5-7-19/h1,3-8,12-13,21-22,26,30-31H,9-11,14-18H2. The van der Waals surface area contributed by atoms with Gasteiger partial charge in [-0.1, -0.05) is 48.4 Å². The third-order valence-corrected chi connectivity index (χ3v) is 7.42. The van der Waals surface area contributed by atoms with Crippen LogP contribution in [0.3, 0.4) is 0 Å². The van der Waals surface area contributed by atoms with Gasteiger partial charge in [0.05, 0.1) is 17.5 Å². The maximum absolute atomic E-state index is 12.1. The van der Waals surface area contributed by atoms with E-state index >= 15 is 0 Å². The topological polar surface area (TPSA) is 56.6 Å². The summed E-state index contributed by atoms with van der Waals surface area (Å²) in [5, 5.41) is 22.0. The van der Waals surface area contributed by atoms with Gasteiger partial charge in [-0.25, -0.2) is 0 Å². The summed E-state index contributed by atoms with van der Waals surface area (Å²) in [6.07, 6.45) is 12.7. The minimum atomic E-state index is -1.07. The van der Waals surface area contributed by atoms with Gasteiger partial charge in [-0.15, -0.1) is 6.42 Å². The van der Waals surface area contributed by atoms with Crippen molar-refractivity contribution in [2.24, 2.45) is 5.92 Å². The summed E-state index contributed by atoms with van der Waals surface area (Å²) < 4.78 is 0. The van der Waals surface area contributed by atoms with Crippen molar-refractivity contribution in [1.82, 2.24) is 9.88 Å². The summed E-state index contributed by atoms with van der Waals surface area (Å²) in [6.45, 7) is 1.91. The molecule has 1 aliphatic carbocycles. The number of aliphatic hydroxyl groups is 2. The molecule has 4 heterocycles. The average molecular weight is 415 g/mol. The maximum atomic E-state index is 12.1. The number of allylic oxidation sites excluding steroid dienone is 1. The molecule has 1 aromatic heterocycles. The van der Waals surface area contributed by atoms with Gasteiger partial charge in [-0.2, -0.15) is 0 Å². The summed E-state index contributed by atoms with van der Waals surface area (Å²) in [5.74, 6) is 3.06. The first kappa shape index (κ1) is 20.5. The highest BCUT2D eigenvalue weighted by Gasteiger charge is 2.54. The number of piperidine rings is 3. The predicted octanol–water partition coefficient (Wildman–Crippen LogP) is 3.52. The van der Waals surface area contributed by atoms with Gasteiger partial charge in [0.15, 0.2) is 0 Å². The summed E-state index contributed by atoms with van der Waals surface area (Å²) in [4.78, 5) is 7.35.